The van der Waals surface area contributed by atoms with Gasteiger partial charge in [0.15, 0.2) is 11.5 Å². The number of rotatable bonds is 9. The Balaban J connectivity index is 1.60. The number of benzene rings is 3. The van der Waals surface area contributed by atoms with E-state index in [1.807, 2.05) is 41.3 Å². The highest BCUT2D eigenvalue weighted by Gasteiger charge is 2.33. The smallest absolute Gasteiger partial charge is 0.337 e. The quantitative estimate of drug-likeness (QED) is 0.402. The fourth-order valence-corrected chi connectivity index (χ4v) is 4.51. The molecule has 0 spiro atoms. The Kier molecular flexibility index (Phi) is 8.18. The molecule has 3 aromatic carbocycles. The summed E-state index contributed by atoms with van der Waals surface area (Å²) >= 11 is 0. The lowest BCUT2D eigenvalue weighted by atomic mass is 9.91. The molecule has 0 saturated heterocycles. The van der Waals surface area contributed by atoms with Crippen LogP contribution in [-0.2, 0) is 22.4 Å². The lowest BCUT2D eigenvalue weighted by Crippen LogP contribution is -2.43. The maximum atomic E-state index is 13.5. The third-order valence-corrected chi connectivity index (χ3v) is 6.52. The van der Waals surface area contributed by atoms with Gasteiger partial charge in [0, 0.05) is 6.54 Å². The zero-order chi connectivity index (χ0) is 26.4. The molecule has 1 heterocycles. The molecule has 1 aliphatic heterocycles. The Hall–Kier alpha value is -4.20. The molecule has 0 unspecified atom stereocenters. The first-order chi connectivity index (χ1) is 18.0. The van der Waals surface area contributed by atoms with E-state index in [0.29, 0.717) is 35.8 Å². The Morgan fingerprint density at radius 2 is 1.49 bits per heavy atom. The number of hydrogen-bond donors (Lipinski definition) is 0. The summed E-state index contributed by atoms with van der Waals surface area (Å²) in [5.41, 5.74) is 3.38. The standard InChI is InChI=1S/C29H31NO7/c1-33-22-9-5-19(6-10-22)15-28(31)30-14-13-21-16-26(34-2)27(35-3)17-24(21)25(30)18-37-23-11-7-20(8-12-23)29(32)36-4/h5-12,16-17,25H,13-15,18H2,1-4H3/t25-/m1/s1. The molecule has 3 aromatic rings. The van der Waals surface area contributed by atoms with Crippen molar-refractivity contribution >= 4 is 11.9 Å². The van der Waals surface area contributed by atoms with Crippen molar-refractivity contribution in [3.8, 4) is 23.0 Å². The molecule has 8 nitrogen and oxygen atoms in total. The molecule has 4 rings (SSSR count). The largest absolute Gasteiger partial charge is 0.497 e. The molecule has 0 N–H and O–H groups in total. The van der Waals surface area contributed by atoms with Crippen molar-refractivity contribution in [1.29, 1.82) is 0 Å². The van der Waals surface area contributed by atoms with Crippen molar-refractivity contribution in [3.05, 3.63) is 82.9 Å². The molecule has 1 amide bonds. The first kappa shape index (κ1) is 25.9. The summed E-state index contributed by atoms with van der Waals surface area (Å²) < 4.78 is 27.2. The summed E-state index contributed by atoms with van der Waals surface area (Å²) in [6.07, 6.45) is 0.950. The number of ether oxygens (including phenoxy) is 5. The van der Waals surface area contributed by atoms with Gasteiger partial charge in [0.2, 0.25) is 5.91 Å². The van der Waals surface area contributed by atoms with E-state index in [0.717, 1.165) is 22.4 Å². The van der Waals surface area contributed by atoms with Crippen LogP contribution in [0.5, 0.6) is 23.0 Å². The summed E-state index contributed by atoms with van der Waals surface area (Å²) in [7, 11) is 6.15. The minimum Gasteiger partial charge on any atom is -0.497 e. The van der Waals surface area contributed by atoms with E-state index in [1.165, 1.54) is 7.11 Å². The van der Waals surface area contributed by atoms with Gasteiger partial charge in [-0.3, -0.25) is 4.79 Å². The highest BCUT2D eigenvalue weighted by Crippen LogP contribution is 2.38. The molecule has 0 bridgehead atoms. The highest BCUT2D eigenvalue weighted by molar-refractivity contribution is 5.89. The van der Waals surface area contributed by atoms with Crippen LogP contribution in [0.2, 0.25) is 0 Å². The van der Waals surface area contributed by atoms with Gasteiger partial charge in [0.05, 0.1) is 46.5 Å². The number of carbonyl (C=O) groups excluding carboxylic acids is 2. The predicted molar refractivity (Wildman–Crippen MR) is 138 cm³/mol. The van der Waals surface area contributed by atoms with E-state index in [2.05, 4.69) is 0 Å². The topological polar surface area (TPSA) is 83.5 Å². The van der Waals surface area contributed by atoms with E-state index in [9.17, 15) is 9.59 Å². The Bertz CT molecular complexity index is 1240. The van der Waals surface area contributed by atoms with Gasteiger partial charge < -0.3 is 28.6 Å². The second kappa shape index (κ2) is 11.7. The zero-order valence-electron chi connectivity index (χ0n) is 21.5. The monoisotopic (exact) mass is 505 g/mol. The third kappa shape index (κ3) is 5.80. The van der Waals surface area contributed by atoms with E-state index in [1.54, 1.807) is 45.6 Å². The van der Waals surface area contributed by atoms with Crippen LogP contribution in [0.3, 0.4) is 0 Å². The Labute approximate surface area is 216 Å². The molecule has 0 aromatic heterocycles. The van der Waals surface area contributed by atoms with Crippen molar-refractivity contribution in [2.24, 2.45) is 0 Å². The molecule has 194 valence electrons. The molecule has 37 heavy (non-hydrogen) atoms. The number of esters is 1. The van der Waals surface area contributed by atoms with Crippen LogP contribution in [0.15, 0.2) is 60.7 Å². The lowest BCUT2D eigenvalue weighted by molar-refractivity contribution is -0.134. The fraction of sp³-hybridized carbons (Fsp3) is 0.310. The van der Waals surface area contributed by atoms with Gasteiger partial charge >= 0.3 is 5.97 Å². The SMILES string of the molecule is COC(=O)c1ccc(OC[C@@H]2c3cc(OC)c(OC)cc3CCN2C(=O)Cc2ccc(OC)cc2)cc1. The van der Waals surface area contributed by atoms with Crippen LogP contribution in [-0.4, -0.2) is 58.4 Å². The first-order valence-corrected chi connectivity index (χ1v) is 12.0. The predicted octanol–water partition coefficient (Wildman–Crippen LogP) is 4.25. The van der Waals surface area contributed by atoms with E-state index >= 15 is 0 Å². The second-order valence-electron chi connectivity index (χ2n) is 8.61. The van der Waals surface area contributed by atoms with Gasteiger partial charge in [-0.15, -0.1) is 0 Å². The van der Waals surface area contributed by atoms with Crippen molar-refractivity contribution in [3.63, 3.8) is 0 Å². The summed E-state index contributed by atoms with van der Waals surface area (Å²) in [6.45, 7) is 0.779. The first-order valence-electron chi connectivity index (χ1n) is 12.0. The average molecular weight is 506 g/mol. The number of nitrogens with zero attached hydrogens (tertiary/aromatic N) is 1. The number of fused-ring (bicyclic) bond motifs is 1. The molecule has 0 aliphatic carbocycles. The minimum atomic E-state index is -0.413. The summed E-state index contributed by atoms with van der Waals surface area (Å²) in [6, 6.07) is 17.8. The molecule has 1 aliphatic rings. The molecular weight excluding hydrogens is 474 g/mol. The Morgan fingerprint density at radius 3 is 2.11 bits per heavy atom. The van der Waals surface area contributed by atoms with Gasteiger partial charge in [-0.2, -0.15) is 0 Å². The molecule has 0 saturated carbocycles. The summed E-state index contributed by atoms with van der Waals surface area (Å²) in [5.74, 6) is 2.16. The normalized spacial score (nSPS) is 14.4. The lowest BCUT2D eigenvalue weighted by Gasteiger charge is -2.37. The van der Waals surface area contributed by atoms with Crippen LogP contribution in [0.25, 0.3) is 0 Å². The molecule has 1 atom stereocenters. The van der Waals surface area contributed by atoms with Gasteiger partial charge in [-0.25, -0.2) is 4.79 Å². The van der Waals surface area contributed by atoms with Crippen LogP contribution < -0.4 is 18.9 Å². The van der Waals surface area contributed by atoms with Crippen molar-refractivity contribution in [1.82, 2.24) is 4.90 Å². The summed E-state index contributed by atoms with van der Waals surface area (Å²) in [4.78, 5) is 27.1. The van der Waals surface area contributed by atoms with Crippen LogP contribution in [0, 0.1) is 0 Å². The van der Waals surface area contributed by atoms with E-state index < -0.39 is 5.97 Å². The fourth-order valence-electron chi connectivity index (χ4n) is 4.51. The average Bonchev–Trinajstić information content (AvgIpc) is 2.95. The highest BCUT2D eigenvalue weighted by atomic mass is 16.5. The molecule has 0 fully saturated rings. The second-order valence-corrected chi connectivity index (χ2v) is 8.61. The third-order valence-electron chi connectivity index (χ3n) is 6.52. The van der Waals surface area contributed by atoms with Crippen LogP contribution in [0.1, 0.15) is 33.1 Å². The van der Waals surface area contributed by atoms with E-state index in [4.69, 9.17) is 23.7 Å². The number of amides is 1. The Morgan fingerprint density at radius 1 is 0.838 bits per heavy atom. The minimum absolute atomic E-state index is 0.000223. The number of hydrogen-bond acceptors (Lipinski definition) is 7. The van der Waals surface area contributed by atoms with E-state index in [-0.39, 0.29) is 25.0 Å². The van der Waals surface area contributed by atoms with Crippen molar-refractivity contribution in [2.75, 3.05) is 41.6 Å². The van der Waals surface area contributed by atoms with Crippen molar-refractivity contribution in [2.45, 2.75) is 18.9 Å². The maximum Gasteiger partial charge on any atom is 0.337 e. The number of methoxy groups -OCH3 is 4. The van der Waals surface area contributed by atoms with Crippen LogP contribution >= 0.6 is 0 Å². The summed E-state index contributed by atoms with van der Waals surface area (Å²) in [5, 5.41) is 0. The van der Waals surface area contributed by atoms with Crippen molar-refractivity contribution < 1.29 is 33.3 Å². The maximum absolute atomic E-state index is 13.5. The zero-order valence-corrected chi connectivity index (χ0v) is 21.5. The van der Waals surface area contributed by atoms with Gasteiger partial charge in [-0.1, -0.05) is 12.1 Å². The van der Waals surface area contributed by atoms with Gasteiger partial charge in [-0.05, 0) is 71.6 Å². The molecule has 0 radical (unpaired) electrons. The molecule has 8 heteroatoms. The van der Waals surface area contributed by atoms with Gasteiger partial charge in [0.1, 0.15) is 18.1 Å². The molecular formula is C29H31NO7. The number of carbonyl (C=O) groups is 2. The van der Waals surface area contributed by atoms with Crippen LogP contribution in [0.4, 0.5) is 0 Å². The van der Waals surface area contributed by atoms with Gasteiger partial charge in [0.25, 0.3) is 0 Å².